The maximum Gasteiger partial charge on any atom is 0.330 e. The molecule has 0 N–H and O–H groups in total. The van der Waals surface area contributed by atoms with Gasteiger partial charge in [-0.1, -0.05) is 31.0 Å². The van der Waals surface area contributed by atoms with Gasteiger partial charge in [-0.05, 0) is 30.7 Å². The second kappa shape index (κ2) is 5.50. The molecule has 128 valence electrons. The summed E-state index contributed by atoms with van der Waals surface area (Å²) in [6, 6.07) is 7.52. The highest BCUT2D eigenvalue weighted by Crippen LogP contribution is 2.56. The third-order valence-corrected chi connectivity index (χ3v) is 6.24. The minimum atomic E-state index is -1.36. The first kappa shape index (κ1) is 15.5. The van der Waals surface area contributed by atoms with Crippen LogP contribution in [-0.4, -0.2) is 38.7 Å². The summed E-state index contributed by atoms with van der Waals surface area (Å²) < 4.78 is 10.3. The summed E-state index contributed by atoms with van der Waals surface area (Å²) in [5, 5.41) is 0. The summed E-state index contributed by atoms with van der Waals surface area (Å²) >= 11 is 0. The number of anilines is 1. The van der Waals surface area contributed by atoms with E-state index < -0.39 is 17.4 Å². The maximum atomic E-state index is 13.0. The molecule has 0 aromatic heterocycles. The molecule has 5 heteroatoms. The summed E-state index contributed by atoms with van der Waals surface area (Å²) in [5.41, 5.74) is 0.349. The number of nitrogens with zero attached hydrogens (tertiary/aromatic N) is 1. The van der Waals surface area contributed by atoms with Crippen molar-refractivity contribution in [3.63, 3.8) is 0 Å². The van der Waals surface area contributed by atoms with Crippen molar-refractivity contribution in [2.45, 2.75) is 37.1 Å². The van der Waals surface area contributed by atoms with Gasteiger partial charge in [0.15, 0.2) is 0 Å². The molecule has 2 heterocycles. The van der Waals surface area contributed by atoms with E-state index in [9.17, 15) is 9.59 Å². The molecule has 2 aliphatic heterocycles. The first-order chi connectivity index (χ1) is 11.7. The van der Waals surface area contributed by atoms with Gasteiger partial charge in [0, 0.05) is 17.8 Å². The third-order valence-electron chi connectivity index (χ3n) is 6.24. The van der Waals surface area contributed by atoms with Crippen LogP contribution in [0.25, 0.3) is 0 Å². The van der Waals surface area contributed by atoms with E-state index in [0.717, 1.165) is 37.1 Å². The van der Waals surface area contributed by atoms with Crippen LogP contribution < -0.4 is 4.90 Å². The average Bonchev–Trinajstić information content (AvgIpc) is 3.14. The van der Waals surface area contributed by atoms with Gasteiger partial charge in [-0.25, -0.2) is 0 Å². The summed E-state index contributed by atoms with van der Waals surface area (Å²) in [4.78, 5) is 28.2. The summed E-state index contributed by atoms with van der Waals surface area (Å²) in [6.07, 6.45) is 4.60. The fourth-order valence-electron chi connectivity index (χ4n) is 5.36. The zero-order chi connectivity index (χ0) is 16.9. The van der Waals surface area contributed by atoms with Crippen molar-refractivity contribution in [3.05, 3.63) is 29.8 Å². The molecular weight excluding hydrogens is 306 g/mol. The average molecular weight is 329 g/mol. The second-order valence-corrected chi connectivity index (χ2v) is 7.11. The molecule has 3 atom stereocenters. The highest BCUT2D eigenvalue weighted by atomic mass is 16.5. The molecule has 2 fully saturated rings. The van der Waals surface area contributed by atoms with Crippen LogP contribution in [0.3, 0.4) is 0 Å². The van der Waals surface area contributed by atoms with Gasteiger partial charge in [-0.15, -0.1) is 0 Å². The molecule has 0 bridgehead atoms. The van der Waals surface area contributed by atoms with Gasteiger partial charge in [0.2, 0.25) is 5.41 Å². The van der Waals surface area contributed by atoms with Crippen molar-refractivity contribution in [1.29, 1.82) is 0 Å². The molecule has 1 aromatic rings. The van der Waals surface area contributed by atoms with Crippen molar-refractivity contribution >= 4 is 17.6 Å². The number of carbonyl (C=O) groups excluding carboxylic acids is 2. The van der Waals surface area contributed by atoms with E-state index in [-0.39, 0.29) is 6.04 Å². The maximum absolute atomic E-state index is 13.0. The zero-order valence-electron chi connectivity index (χ0n) is 14.2. The van der Waals surface area contributed by atoms with Crippen LogP contribution in [0.15, 0.2) is 24.3 Å². The second-order valence-electron chi connectivity index (χ2n) is 7.11. The molecule has 0 unspecified atom stereocenters. The van der Waals surface area contributed by atoms with Gasteiger partial charge in [0.25, 0.3) is 0 Å². The zero-order valence-corrected chi connectivity index (χ0v) is 14.2. The Morgan fingerprint density at radius 1 is 1.08 bits per heavy atom. The molecule has 0 amide bonds. The summed E-state index contributed by atoms with van der Waals surface area (Å²) in [7, 11) is 2.71. The Hall–Kier alpha value is -2.04. The van der Waals surface area contributed by atoms with Gasteiger partial charge in [0.1, 0.15) is 0 Å². The molecule has 3 aliphatic rings. The Labute approximate surface area is 141 Å². The Morgan fingerprint density at radius 2 is 1.75 bits per heavy atom. The molecule has 1 saturated heterocycles. The number of esters is 2. The van der Waals surface area contributed by atoms with E-state index in [1.165, 1.54) is 20.6 Å². The summed E-state index contributed by atoms with van der Waals surface area (Å²) in [6.45, 7) is 0.905. The minimum absolute atomic E-state index is 0.194. The Bertz CT molecular complexity index is 670. The normalized spacial score (nSPS) is 29.4. The number of benzene rings is 1. The first-order valence-electron chi connectivity index (χ1n) is 8.69. The number of carbonyl (C=O) groups is 2. The highest BCUT2D eigenvalue weighted by Gasteiger charge is 2.68. The van der Waals surface area contributed by atoms with E-state index in [1.54, 1.807) is 0 Å². The SMILES string of the molecule is COC(=O)C1(C(=O)OC)c2ccccc2N2C[C@H]3CCCC[C@H]3[C@@H]21. The quantitative estimate of drug-likeness (QED) is 0.615. The molecule has 1 aliphatic carbocycles. The molecule has 0 spiro atoms. The van der Waals surface area contributed by atoms with Gasteiger partial charge in [-0.2, -0.15) is 0 Å². The number of hydrogen-bond acceptors (Lipinski definition) is 5. The molecule has 1 aromatic carbocycles. The van der Waals surface area contributed by atoms with Crippen LogP contribution in [0.2, 0.25) is 0 Å². The molecular formula is C19H23NO4. The van der Waals surface area contributed by atoms with Crippen LogP contribution in [0.5, 0.6) is 0 Å². The number of para-hydroxylation sites is 1. The lowest BCUT2D eigenvalue weighted by Gasteiger charge is -2.36. The molecule has 4 rings (SSSR count). The lowest BCUT2D eigenvalue weighted by molar-refractivity contribution is -0.163. The van der Waals surface area contributed by atoms with Gasteiger partial charge < -0.3 is 14.4 Å². The Morgan fingerprint density at radius 3 is 2.46 bits per heavy atom. The van der Waals surface area contributed by atoms with E-state index in [1.807, 2.05) is 24.3 Å². The Kier molecular flexibility index (Phi) is 3.55. The van der Waals surface area contributed by atoms with Crippen molar-refractivity contribution in [2.75, 3.05) is 25.7 Å². The van der Waals surface area contributed by atoms with Gasteiger partial charge in [-0.3, -0.25) is 9.59 Å². The number of rotatable bonds is 2. The van der Waals surface area contributed by atoms with Crippen LogP contribution in [0.1, 0.15) is 31.2 Å². The number of hydrogen-bond donors (Lipinski definition) is 0. The Balaban J connectivity index is 1.95. The van der Waals surface area contributed by atoms with E-state index in [2.05, 4.69) is 4.90 Å². The van der Waals surface area contributed by atoms with E-state index in [0.29, 0.717) is 11.8 Å². The van der Waals surface area contributed by atoms with E-state index >= 15 is 0 Å². The van der Waals surface area contributed by atoms with Gasteiger partial charge >= 0.3 is 11.9 Å². The molecule has 1 saturated carbocycles. The fraction of sp³-hybridized carbons (Fsp3) is 0.579. The number of methoxy groups -OCH3 is 2. The van der Waals surface area contributed by atoms with Crippen LogP contribution in [0.4, 0.5) is 5.69 Å². The number of fused-ring (bicyclic) bond motifs is 5. The standard InChI is InChI=1S/C19H23NO4/c1-23-17(21)19(18(22)24-2)14-9-5-6-10-15(14)20-11-12-7-3-4-8-13(12)16(19)20/h5-6,9-10,12-13,16H,3-4,7-8,11H2,1-2H3/t12-,13-,16-/m1/s1. The lowest BCUT2D eigenvalue weighted by atomic mass is 9.67. The monoisotopic (exact) mass is 329 g/mol. The predicted octanol–water partition coefficient (Wildman–Crippen LogP) is 2.28. The smallest absolute Gasteiger partial charge is 0.330 e. The molecule has 5 nitrogen and oxygen atoms in total. The van der Waals surface area contributed by atoms with Gasteiger partial charge in [0.05, 0.1) is 20.3 Å². The topological polar surface area (TPSA) is 55.8 Å². The van der Waals surface area contributed by atoms with Crippen molar-refractivity contribution < 1.29 is 19.1 Å². The summed E-state index contributed by atoms with van der Waals surface area (Å²) in [5.74, 6) is -0.142. The van der Waals surface area contributed by atoms with Crippen LogP contribution in [-0.2, 0) is 24.5 Å². The third kappa shape index (κ3) is 1.75. The lowest BCUT2D eigenvalue weighted by Crippen LogP contribution is -2.56. The van der Waals surface area contributed by atoms with Crippen LogP contribution >= 0.6 is 0 Å². The van der Waals surface area contributed by atoms with Crippen LogP contribution in [0, 0.1) is 11.8 Å². The number of ether oxygens (including phenoxy) is 2. The minimum Gasteiger partial charge on any atom is -0.468 e. The molecule has 0 radical (unpaired) electrons. The van der Waals surface area contributed by atoms with E-state index in [4.69, 9.17) is 9.47 Å². The largest absolute Gasteiger partial charge is 0.468 e. The molecule has 24 heavy (non-hydrogen) atoms. The van der Waals surface area contributed by atoms with Crippen molar-refractivity contribution in [2.24, 2.45) is 11.8 Å². The van der Waals surface area contributed by atoms with Crippen molar-refractivity contribution in [3.8, 4) is 0 Å². The first-order valence-corrected chi connectivity index (χ1v) is 8.69. The predicted molar refractivity (Wildman–Crippen MR) is 88.7 cm³/mol. The highest BCUT2D eigenvalue weighted by molar-refractivity contribution is 6.11. The fourth-order valence-corrected chi connectivity index (χ4v) is 5.36. The van der Waals surface area contributed by atoms with Crippen molar-refractivity contribution in [1.82, 2.24) is 0 Å².